The van der Waals surface area contributed by atoms with Crippen LogP contribution in [0.25, 0.3) is 0 Å². The van der Waals surface area contributed by atoms with E-state index in [9.17, 15) is 0 Å². The summed E-state index contributed by atoms with van der Waals surface area (Å²) in [7, 11) is 0. The Balaban J connectivity index is 0.000000222. The average molecular weight is 130 g/mol. The monoisotopic (exact) mass is 130 g/mol. The Morgan fingerprint density at radius 3 is 2.38 bits per heavy atom. The second kappa shape index (κ2) is 4.59. The smallest absolute Gasteiger partial charge is 0.179 e. The van der Waals surface area contributed by atoms with E-state index in [0.717, 1.165) is 0 Å². The topological polar surface area (TPSA) is 38.9 Å². The summed E-state index contributed by atoms with van der Waals surface area (Å²) >= 11 is 1.44. The molecule has 0 amide bonds. The Hall–Kier alpha value is -0.570. The highest BCUT2D eigenvalue weighted by molar-refractivity contribution is 7.13. The van der Waals surface area contributed by atoms with E-state index in [-0.39, 0.29) is 0 Å². The molecule has 2 nitrogen and oxygen atoms in total. The van der Waals surface area contributed by atoms with Crippen LogP contribution < -0.4 is 5.73 Å². The van der Waals surface area contributed by atoms with Crippen molar-refractivity contribution in [2.45, 2.75) is 13.8 Å². The summed E-state index contributed by atoms with van der Waals surface area (Å²) < 4.78 is 0. The summed E-state index contributed by atoms with van der Waals surface area (Å²) in [5.74, 6) is 0. The summed E-state index contributed by atoms with van der Waals surface area (Å²) in [6.07, 6.45) is 1.68. The van der Waals surface area contributed by atoms with Crippen molar-refractivity contribution < 1.29 is 0 Å². The minimum atomic E-state index is 0.634. The molecule has 0 aliphatic heterocycles. The minimum Gasteiger partial charge on any atom is -0.375 e. The molecule has 1 heterocycles. The third kappa shape index (κ3) is 2.58. The van der Waals surface area contributed by atoms with Gasteiger partial charge in [0.05, 0.1) is 0 Å². The van der Waals surface area contributed by atoms with Crippen LogP contribution in [0.2, 0.25) is 0 Å². The van der Waals surface area contributed by atoms with Crippen molar-refractivity contribution in [3.05, 3.63) is 11.6 Å². The molecular formula is C5H10N2S. The van der Waals surface area contributed by atoms with Crippen molar-refractivity contribution in [3.63, 3.8) is 0 Å². The zero-order valence-corrected chi connectivity index (χ0v) is 5.90. The number of anilines is 1. The van der Waals surface area contributed by atoms with Crippen LogP contribution in [0.15, 0.2) is 11.6 Å². The molecule has 0 fully saturated rings. The molecule has 0 bridgehead atoms. The Bertz CT molecular complexity index is 114. The molecule has 0 saturated carbocycles. The Kier molecular flexibility index (Phi) is 4.26. The fourth-order valence-electron chi connectivity index (χ4n) is 0.234. The molecule has 0 unspecified atom stereocenters. The minimum absolute atomic E-state index is 0.634. The van der Waals surface area contributed by atoms with Crippen LogP contribution in [0, 0.1) is 0 Å². The van der Waals surface area contributed by atoms with Crippen LogP contribution in [0.4, 0.5) is 5.13 Å². The van der Waals surface area contributed by atoms with E-state index in [2.05, 4.69) is 4.98 Å². The van der Waals surface area contributed by atoms with Crippen molar-refractivity contribution in [1.82, 2.24) is 4.98 Å². The highest BCUT2D eigenvalue weighted by Crippen LogP contribution is 2.02. The standard InChI is InChI=1S/C3H4N2S.C2H6/c4-3-5-1-2-6-3;1-2/h1-2H,(H2,4,5);1-2H3. The molecule has 0 spiro atoms. The molecule has 8 heavy (non-hydrogen) atoms. The predicted octanol–water partition coefficient (Wildman–Crippen LogP) is 1.75. The van der Waals surface area contributed by atoms with Gasteiger partial charge in [0.1, 0.15) is 0 Å². The van der Waals surface area contributed by atoms with Gasteiger partial charge >= 0.3 is 0 Å². The lowest BCUT2D eigenvalue weighted by atomic mass is 11.0. The van der Waals surface area contributed by atoms with Crippen molar-refractivity contribution in [2.24, 2.45) is 0 Å². The molecule has 1 aromatic rings. The van der Waals surface area contributed by atoms with E-state index < -0.39 is 0 Å². The molecular weight excluding hydrogens is 120 g/mol. The van der Waals surface area contributed by atoms with Crippen LogP contribution in [-0.2, 0) is 0 Å². The van der Waals surface area contributed by atoms with Crippen molar-refractivity contribution in [2.75, 3.05) is 5.73 Å². The van der Waals surface area contributed by atoms with Gasteiger partial charge in [0.25, 0.3) is 0 Å². The molecule has 0 aliphatic rings. The maximum atomic E-state index is 5.19. The molecule has 0 aliphatic carbocycles. The number of aromatic nitrogens is 1. The molecule has 3 heteroatoms. The first-order chi connectivity index (χ1) is 3.89. The second-order valence-electron chi connectivity index (χ2n) is 0.870. The Morgan fingerprint density at radius 2 is 2.25 bits per heavy atom. The summed E-state index contributed by atoms with van der Waals surface area (Å²) in [4.78, 5) is 3.71. The van der Waals surface area contributed by atoms with Gasteiger partial charge in [0.2, 0.25) is 0 Å². The van der Waals surface area contributed by atoms with E-state index in [0.29, 0.717) is 5.13 Å². The van der Waals surface area contributed by atoms with Gasteiger partial charge in [-0.25, -0.2) is 4.98 Å². The zero-order valence-electron chi connectivity index (χ0n) is 5.09. The van der Waals surface area contributed by atoms with Gasteiger partial charge in [-0.2, -0.15) is 0 Å². The quantitative estimate of drug-likeness (QED) is 0.581. The molecule has 2 N–H and O–H groups in total. The first-order valence-corrected chi connectivity index (χ1v) is 3.42. The fraction of sp³-hybridized carbons (Fsp3) is 0.400. The van der Waals surface area contributed by atoms with Crippen LogP contribution in [0.1, 0.15) is 13.8 Å². The molecule has 1 aromatic heterocycles. The zero-order chi connectivity index (χ0) is 6.41. The average Bonchev–Trinajstić information content (AvgIpc) is 2.24. The van der Waals surface area contributed by atoms with Gasteiger partial charge in [0.15, 0.2) is 5.13 Å². The van der Waals surface area contributed by atoms with Crippen LogP contribution in [0.5, 0.6) is 0 Å². The van der Waals surface area contributed by atoms with E-state index in [1.54, 1.807) is 6.20 Å². The number of hydrogen-bond acceptors (Lipinski definition) is 3. The van der Waals surface area contributed by atoms with Crippen molar-refractivity contribution in [3.8, 4) is 0 Å². The Labute approximate surface area is 53.4 Å². The molecule has 0 atom stereocenters. The van der Waals surface area contributed by atoms with Gasteiger partial charge in [-0.1, -0.05) is 13.8 Å². The maximum absolute atomic E-state index is 5.19. The summed E-state index contributed by atoms with van der Waals surface area (Å²) in [6, 6.07) is 0. The third-order valence-electron chi connectivity index (χ3n) is 0.451. The largest absolute Gasteiger partial charge is 0.375 e. The maximum Gasteiger partial charge on any atom is 0.179 e. The summed E-state index contributed by atoms with van der Waals surface area (Å²) in [5, 5.41) is 2.48. The first-order valence-electron chi connectivity index (χ1n) is 2.54. The number of rotatable bonds is 0. The van der Waals surface area contributed by atoms with Gasteiger partial charge in [-0.05, 0) is 0 Å². The number of hydrogen-bond donors (Lipinski definition) is 1. The van der Waals surface area contributed by atoms with Gasteiger partial charge < -0.3 is 5.73 Å². The second-order valence-corrected chi connectivity index (χ2v) is 1.80. The number of thiazole rings is 1. The van der Waals surface area contributed by atoms with Crippen molar-refractivity contribution in [1.29, 1.82) is 0 Å². The molecule has 46 valence electrons. The lowest BCUT2D eigenvalue weighted by molar-refractivity contribution is 1.43. The first kappa shape index (κ1) is 7.43. The molecule has 0 saturated heterocycles. The highest BCUT2D eigenvalue weighted by atomic mass is 32.1. The van der Waals surface area contributed by atoms with Gasteiger partial charge in [0, 0.05) is 11.6 Å². The van der Waals surface area contributed by atoms with E-state index in [1.165, 1.54) is 11.3 Å². The predicted molar refractivity (Wildman–Crippen MR) is 37.9 cm³/mol. The van der Waals surface area contributed by atoms with Gasteiger partial charge in [-0.15, -0.1) is 11.3 Å². The Morgan fingerprint density at radius 1 is 1.62 bits per heavy atom. The van der Waals surface area contributed by atoms with Crippen molar-refractivity contribution >= 4 is 16.5 Å². The lowest BCUT2D eigenvalue weighted by Gasteiger charge is -1.67. The molecule has 0 aromatic carbocycles. The summed E-state index contributed by atoms with van der Waals surface area (Å²) in [5.41, 5.74) is 5.19. The van der Waals surface area contributed by atoms with Crippen LogP contribution >= 0.6 is 11.3 Å². The van der Waals surface area contributed by atoms with Crippen LogP contribution in [-0.4, -0.2) is 4.98 Å². The fourth-order valence-corrected chi connectivity index (χ4v) is 0.617. The number of nitrogens with zero attached hydrogens (tertiary/aromatic N) is 1. The highest BCUT2D eigenvalue weighted by Gasteiger charge is 1.76. The SMILES string of the molecule is CC.Nc1nccs1. The molecule has 0 radical (unpaired) electrons. The van der Waals surface area contributed by atoms with E-state index in [4.69, 9.17) is 5.73 Å². The molecule has 1 rings (SSSR count). The van der Waals surface area contributed by atoms with Crippen LogP contribution in [0.3, 0.4) is 0 Å². The summed E-state index contributed by atoms with van der Waals surface area (Å²) in [6.45, 7) is 4.00. The lowest BCUT2D eigenvalue weighted by Crippen LogP contribution is -1.77. The van der Waals surface area contributed by atoms with E-state index >= 15 is 0 Å². The van der Waals surface area contributed by atoms with E-state index in [1.807, 2.05) is 19.2 Å². The number of nitrogen functional groups attached to an aromatic ring is 1. The van der Waals surface area contributed by atoms with Gasteiger partial charge in [-0.3, -0.25) is 0 Å². The number of nitrogens with two attached hydrogens (primary N) is 1. The normalized spacial score (nSPS) is 7.25. The third-order valence-corrected chi connectivity index (χ3v) is 1.06.